The van der Waals surface area contributed by atoms with E-state index in [4.69, 9.17) is 5.11 Å². The van der Waals surface area contributed by atoms with Gasteiger partial charge in [-0.25, -0.2) is 9.59 Å². The third-order valence-corrected chi connectivity index (χ3v) is 3.42. The van der Waals surface area contributed by atoms with E-state index < -0.39 is 18.0 Å². The Kier molecular flexibility index (Phi) is 5.91. The van der Waals surface area contributed by atoms with Gasteiger partial charge in [0.05, 0.1) is 0 Å². The maximum atomic E-state index is 11.6. The van der Waals surface area contributed by atoms with E-state index in [-0.39, 0.29) is 0 Å². The van der Waals surface area contributed by atoms with E-state index in [1.807, 2.05) is 0 Å². The first kappa shape index (κ1) is 14.8. The van der Waals surface area contributed by atoms with E-state index >= 15 is 0 Å². The molecule has 6 heteroatoms. The Morgan fingerprint density at radius 2 is 2.17 bits per heavy atom. The highest BCUT2D eigenvalue weighted by molar-refractivity contribution is 5.82. The Hall–Kier alpha value is -1.30. The highest BCUT2D eigenvalue weighted by Gasteiger charge is 2.24. The number of carbonyl (C=O) groups is 2. The van der Waals surface area contributed by atoms with Crippen LogP contribution in [-0.4, -0.2) is 53.7 Å². The SMILES string of the molecule is CC[C@H](NC(=O)NCC1CCCN1CC)C(=O)O. The molecule has 0 aromatic rings. The van der Waals surface area contributed by atoms with Gasteiger partial charge in [-0.15, -0.1) is 0 Å². The van der Waals surface area contributed by atoms with Crippen LogP contribution in [0.5, 0.6) is 0 Å². The average molecular weight is 257 g/mol. The highest BCUT2D eigenvalue weighted by Crippen LogP contribution is 2.15. The topological polar surface area (TPSA) is 81.7 Å². The summed E-state index contributed by atoms with van der Waals surface area (Å²) in [6.45, 7) is 6.48. The molecule has 104 valence electrons. The number of likely N-dealkylation sites (tertiary alicyclic amines) is 1. The van der Waals surface area contributed by atoms with E-state index in [2.05, 4.69) is 22.5 Å². The molecule has 1 heterocycles. The second-order valence-electron chi connectivity index (χ2n) is 4.58. The molecule has 0 saturated carbocycles. The molecule has 0 bridgehead atoms. The van der Waals surface area contributed by atoms with Gasteiger partial charge in [-0.2, -0.15) is 0 Å². The van der Waals surface area contributed by atoms with Gasteiger partial charge in [-0.05, 0) is 32.4 Å². The van der Waals surface area contributed by atoms with E-state index in [1.54, 1.807) is 6.92 Å². The fourth-order valence-electron chi connectivity index (χ4n) is 2.30. The summed E-state index contributed by atoms with van der Waals surface area (Å²) >= 11 is 0. The summed E-state index contributed by atoms with van der Waals surface area (Å²) in [6.07, 6.45) is 2.63. The number of amides is 2. The Balaban J connectivity index is 2.30. The maximum absolute atomic E-state index is 11.6. The lowest BCUT2D eigenvalue weighted by atomic mass is 10.2. The van der Waals surface area contributed by atoms with Crippen LogP contribution in [0.3, 0.4) is 0 Å². The van der Waals surface area contributed by atoms with Gasteiger partial charge in [0, 0.05) is 12.6 Å². The molecule has 0 radical (unpaired) electrons. The van der Waals surface area contributed by atoms with Crippen molar-refractivity contribution in [3.63, 3.8) is 0 Å². The van der Waals surface area contributed by atoms with Gasteiger partial charge in [0.15, 0.2) is 0 Å². The van der Waals surface area contributed by atoms with E-state index in [0.29, 0.717) is 19.0 Å². The molecule has 2 amide bonds. The molecule has 0 spiro atoms. The number of nitrogens with one attached hydrogen (secondary N) is 2. The van der Waals surface area contributed by atoms with E-state index in [0.717, 1.165) is 25.9 Å². The number of likely N-dealkylation sites (N-methyl/N-ethyl adjacent to an activating group) is 1. The summed E-state index contributed by atoms with van der Waals surface area (Å²) in [5.41, 5.74) is 0. The Morgan fingerprint density at radius 3 is 2.72 bits per heavy atom. The molecule has 0 aliphatic carbocycles. The first-order valence-corrected chi connectivity index (χ1v) is 6.59. The molecule has 2 atom stereocenters. The van der Waals surface area contributed by atoms with Gasteiger partial charge < -0.3 is 15.7 Å². The quantitative estimate of drug-likeness (QED) is 0.652. The molecule has 3 N–H and O–H groups in total. The molecule has 18 heavy (non-hydrogen) atoms. The van der Waals surface area contributed by atoms with Crippen molar-refractivity contribution in [1.29, 1.82) is 0 Å². The van der Waals surface area contributed by atoms with Gasteiger partial charge in [-0.1, -0.05) is 13.8 Å². The lowest BCUT2D eigenvalue weighted by Crippen LogP contribution is -2.48. The first-order chi connectivity index (χ1) is 8.58. The summed E-state index contributed by atoms with van der Waals surface area (Å²) in [5, 5.41) is 14.0. The molecular formula is C12H23N3O3. The van der Waals surface area contributed by atoms with Crippen LogP contribution < -0.4 is 10.6 Å². The average Bonchev–Trinajstić information content (AvgIpc) is 2.80. The number of hydrogen-bond donors (Lipinski definition) is 3. The van der Waals surface area contributed by atoms with Gasteiger partial charge in [0.25, 0.3) is 0 Å². The third kappa shape index (κ3) is 4.18. The number of nitrogens with zero attached hydrogens (tertiary/aromatic N) is 1. The van der Waals surface area contributed by atoms with Crippen LogP contribution in [0.15, 0.2) is 0 Å². The van der Waals surface area contributed by atoms with Crippen LogP contribution in [0, 0.1) is 0 Å². The lowest BCUT2D eigenvalue weighted by Gasteiger charge is -2.23. The van der Waals surface area contributed by atoms with Crippen LogP contribution in [0.25, 0.3) is 0 Å². The predicted octanol–water partition coefficient (Wildman–Crippen LogP) is 0.633. The van der Waals surface area contributed by atoms with E-state index in [9.17, 15) is 9.59 Å². The summed E-state index contributed by atoms with van der Waals surface area (Å²) < 4.78 is 0. The minimum Gasteiger partial charge on any atom is -0.480 e. The molecule has 0 aromatic heterocycles. The predicted molar refractivity (Wildman–Crippen MR) is 68.5 cm³/mol. The number of aliphatic carboxylic acids is 1. The Bertz CT molecular complexity index is 296. The van der Waals surface area contributed by atoms with Crippen molar-refractivity contribution in [3.8, 4) is 0 Å². The van der Waals surface area contributed by atoms with Crippen LogP contribution >= 0.6 is 0 Å². The zero-order chi connectivity index (χ0) is 13.5. The van der Waals surface area contributed by atoms with Crippen LogP contribution in [-0.2, 0) is 4.79 Å². The molecular weight excluding hydrogens is 234 g/mol. The number of carbonyl (C=O) groups excluding carboxylic acids is 1. The molecule has 1 unspecified atom stereocenters. The zero-order valence-electron chi connectivity index (χ0n) is 11.1. The van der Waals surface area contributed by atoms with Gasteiger partial charge in [0.2, 0.25) is 0 Å². The van der Waals surface area contributed by atoms with Crippen LogP contribution in [0.1, 0.15) is 33.1 Å². The highest BCUT2D eigenvalue weighted by atomic mass is 16.4. The maximum Gasteiger partial charge on any atom is 0.326 e. The van der Waals surface area contributed by atoms with Gasteiger partial charge in [-0.3, -0.25) is 4.90 Å². The van der Waals surface area contributed by atoms with Gasteiger partial charge in [0.1, 0.15) is 6.04 Å². The van der Waals surface area contributed by atoms with Crippen molar-refractivity contribution in [2.75, 3.05) is 19.6 Å². The molecule has 0 aromatic carbocycles. The lowest BCUT2D eigenvalue weighted by molar-refractivity contribution is -0.139. The van der Waals surface area contributed by atoms with Crippen LogP contribution in [0.2, 0.25) is 0 Å². The minimum absolute atomic E-state index is 0.380. The molecule has 1 aliphatic rings. The molecule has 1 saturated heterocycles. The number of carboxylic acids is 1. The van der Waals surface area contributed by atoms with Crippen LogP contribution in [0.4, 0.5) is 4.79 Å². The molecule has 6 nitrogen and oxygen atoms in total. The Morgan fingerprint density at radius 1 is 1.44 bits per heavy atom. The van der Waals surface area contributed by atoms with Crippen molar-refractivity contribution >= 4 is 12.0 Å². The number of rotatable bonds is 6. The number of carboxylic acid groups (broad SMARTS) is 1. The van der Waals surface area contributed by atoms with Crippen molar-refractivity contribution in [2.24, 2.45) is 0 Å². The first-order valence-electron chi connectivity index (χ1n) is 6.59. The summed E-state index contributed by atoms with van der Waals surface area (Å²) in [6, 6.07) is -0.825. The molecule has 1 aliphatic heterocycles. The third-order valence-electron chi connectivity index (χ3n) is 3.42. The van der Waals surface area contributed by atoms with E-state index in [1.165, 1.54) is 0 Å². The molecule has 1 fully saturated rings. The van der Waals surface area contributed by atoms with Crippen molar-refractivity contribution in [2.45, 2.75) is 45.2 Å². The second-order valence-corrected chi connectivity index (χ2v) is 4.58. The normalized spacial score (nSPS) is 21.6. The van der Waals surface area contributed by atoms with Gasteiger partial charge >= 0.3 is 12.0 Å². The largest absolute Gasteiger partial charge is 0.480 e. The standard InChI is InChI=1S/C12H23N3O3/c1-3-10(11(16)17)14-12(18)13-8-9-6-5-7-15(9)4-2/h9-10H,3-8H2,1-2H3,(H,16,17)(H2,13,14,18)/t9?,10-/m0/s1. The number of urea groups is 1. The number of hydrogen-bond acceptors (Lipinski definition) is 3. The monoisotopic (exact) mass is 257 g/mol. The summed E-state index contributed by atoms with van der Waals surface area (Å²) in [4.78, 5) is 24.7. The summed E-state index contributed by atoms with van der Waals surface area (Å²) in [7, 11) is 0. The molecule has 1 rings (SSSR count). The minimum atomic E-state index is -0.997. The van der Waals surface area contributed by atoms with Crippen molar-refractivity contribution < 1.29 is 14.7 Å². The van der Waals surface area contributed by atoms with Crippen molar-refractivity contribution in [1.82, 2.24) is 15.5 Å². The fourth-order valence-corrected chi connectivity index (χ4v) is 2.30. The summed E-state index contributed by atoms with van der Waals surface area (Å²) in [5.74, 6) is -0.997. The fraction of sp³-hybridized carbons (Fsp3) is 0.833. The second kappa shape index (κ2) is 7.20. The smallest absolute Gasteiger partial charge is 0.326 e. The zero-order valence-corrected chi connectivity index (χ0v) is 11.1. The Labute approximate surface area is 108 Å². The van der Waals surface area contributed by atoms with Crippen molar-refractivity contribution in [3.05, 3.63) is 0 Å².